The van der Waals surface area contributed by atoms with Crippen molar-refractivity contribution < 1.29 is 4.39 Å². The summed E-state index contributed by atoms with van der Waals surface area (Å²) in [4.78, 5) is 8.45. The highest BCUT2D eigenvalue weighted by Crippen LogP contribution is 2.28. The molecular weight excluding hydrogens is 253 g/mol. The second-order valence-corrected chi connectivity index (χ2v) is 4.38. The summed E-state index contributed by atoms with van der Waals surface area (Å²) >= 11 is 6.12. The molecule has 0 saturated carbocycles. The lowest BCUT2D eigenvalue weighted by Crippen LogP contribution is -2.09. The summed E-state index contributed by atoms with van der Waals surface area (Å²) in [7, 11) is 1.81. The molecule has 0 atom stereocenters. The molecule has 0 saturated heterocycles. The minimum atomic E-state index is -0.289. The fraction of sp³-hybridized carbons (Fsp3) is 0.231. The zero-order chi connectivity index (χ0) is 13.1. The molecule has 0 fully saturated rings. The Kier molecular flexibility index (Phi) is 3.89. The first-order valence-electron chi connectivity index (χ1n) is 5.54. The van der Waals surface area contributed by atoms with E-state index in [9.17, 15) is 4.39 Å². The zero-order valence-corrected chi connectivity index (χ0v) is 10.9. The standard InChI is InChI=1S/C13H13ClFN3/c1-8-5-10(14)9(6-11(8)15)12-3-4-17-13(18-12)7-16-2/h3-6,16H,7H2,1-2H3. The number of aromatic nitrogens is 2. The van der Waals surface area contributed by atoms with Crippen LogP contribution in [0.1, 0.15) is 11.4 Å². The lowest BCUT2D eigenvalue weighted by molar-refractivity contribution is 0.619. The Balaban J connectivity index is 2.48. The molecule has 2 rings (SSSR count). The minimum absolute atomic E-state index is 0.289. The number of nitrogens with one attached hydrogen (secondary N) is 1. The summed E-state index contributed by atoms with van der Waals surface area (Å²) in [5, 5.41) is 3.45. The molecule has 0 spiro atoms. The molecule has 94 valence electrons. The number of halogens is 2. The van der Waals surface area contributed by atoms with Crippen molar-refractivity contribution >= 4 is 11.6 Å². The molecule has 0 bridgehead atoms. The van der Waals surface area contributed by atoms with E-state index in [1.54, 1.807) is 25.3 Å². The summed E-state index contributed by atoms with van der Waals surface area (Å²) in [6.07, 6.45) is 1.64. The van der Waals surface area contributed by atoms with Gasteiger partial charge in [-0.15, -0.1) is 0 Å². The van der Waals surface area contributed by atoms with Gasteiger partial charge in [-0.05, 0) is 37.7 Å². The first-order chi connectivity index (χ1) is 8.61. The molecule has 0 radical (unpaired) electrons. The molecule has 0 unspecified atom stereocenters. The van der Waals surface area contributed by atoms with E-state index in [0.29, 0.717) is 34.2 Å². The number of hydrogen-bond donors (Lipinski definition) is 1. The molecule has 0 aliphatic rings. The van der Waals surface area contributed by atoms with Gasteiger partial charge in [0, 0.05) is 11.8 Å². The predicted octanol–water partition coefficient (Wildman–Crippen LogP) is 2.96. The first-order valence-corrected chi connectivity index (χ1v) is 5.92. The fourth-order valence-corrected chi connectivity index (χ4v) is 1.95. The van der Waals surface area contributed by atoms with Gasteiger partial charge in [-0.25, -0.2) is 14.4 Å². The van der Waals surface area contributed by atoms with Crippen molar-refractivity contribution in [1.29, 1.82) is 0 Å². The third kappa shape index (κ3) is 2.66. The van der Waals surface area contributed by atoms with Crippen LogP contribution >= 0.6 is 11.6 Å². The highest BCUT2D eigenvalue weighted by atomic mass is 35.5. The molecule has 3 nitrogen and oxygen atoms in total. The Morgan fingerprint density at radius 3 is 2.89 bits per heavy atom. The van der Waals surface area contributed by atoms with Gasteiger partial charge in [-0.1, -0.05) is 11.6 Å². The number of hydrogen-bond acceptors (Lipinski definition) is 3. The maximum Gasteiger partial charge on any atom is 0.142 e. The first kappa shape index (κ1) is 12.9. The van der Waals surface area contributed by atoms with Crippen LogP contribution in [0.3, 0.4) is 0 Å². The molecule has 0 aliphatic carbocycles. The van der Waals surface area contributed by atoms with Gasteiger partial charge in [0.15, 0.2) is 0 Å². The maximum absolute atomic E-state index is 13.6. The van der Waals surface area contributed by atoms with Crippen LogP contribution in [0.4, 0.5) is 4.39 Å². The molecular formula is C13H13ClFN3. The molecule has 1 aromatic carbocycles. The van der Waals surface area contributed by atoms with E-state index >= 15 is 0 Å². The van der Waals surface area contributed by atoms with Crippen LogP contribution in [0.2, 0.25) is 5.02 Å². The van der Waals surface area contributed by atoms with E-state index < -0.39 is 0 Å². The number of rotatable bonds is 3. The molecule has 18 heavy (non-hydrogen) atoms. The van der Waals surface area contributed by atoms with Crippen LogP contribution in [-0.4, -0.2) is 17.0 Å². The number of aryl methyl sites for hydroxylation is 1. The molecule has 0 aliphatic heterocycles. The monoisotopic (exact) mass is 265 g/mol. The highest BCUT2D eigenvalue weighted by Gasteiger charge is 2.10. The third-order valence-electron chi connectivity index (χ3n) is 2.56. The van der Waals surface area contributed by atoms with E-state index in [1.165, 1.54) is 6.07 Å². The van der Waals surface area contributed by atoms with E-state index in [1.807, 2.05) is 7.05 Å². The van der Waals surface area contributed by atoms with Crippen LogP contribution in [0.25, 0.3) is 11.3 Å². The van der Waals surface area contributed by atoms with E-state index in [2.05, 4.69) is 15.3 Å². The third-order valence-corrected chi connectivity index (χ3v) is 2.88. The Labute approximate surface area is 110 Å². The van der Waals surface area contributed by atoms with Gasteiger partial charge in [0.25, 0.3) is 0 Å². The van der Waals surface area contributed by atoms with Gasteiger partial charge >= 0.3 is 0 Å². The van der Waals surface area contributed by atoms with E-state index in [0.717, 1.165) is 0 Å². The van der Waals surface area contributed by atoms with Crippen LogP contribution < -0.4 is 5.32 Å². The molecule has 1 aromatic heterocycles. The summed E-state index contributed by atoms with van der Waals surface area (Å²) in [5.41, 5.74) is 1.73. The zero-order valence-electron chi connectivity index (χ0n) is 10.2. The van der Waals surface area contributed by atoms with Gasteiger partial charge in [-0.2, -0.15) is 0 Å². The Morgan fingerprint density at radius 2 is 2.17 bits per heavy atom. The SMILES string of the molecule is CNCc1nccc(-c2cc(F)c(C)cc2Cl)n1. The molecule has 5 heteroatoms. The highest BCUT2D eigenvalue weighted by molar-refractivity contribution is 6.33. The van der Waals surface area contributed by atoms with Crippen molar-refractivity contribution in [3.8, 4) is 11.3 Å². The van der Waals surface area contributed by atoms with Crippen molar-refractivity contribution in [3.63, 3.8) is 0 Å². The Hall–Kier alpha value is -1.52. The topological polar surface area (TPSA) is 37.8 Å². The lowest BCUT2D eigenvalue weighted by Gasteiger charge is -2.07. The number of benzene rings is 1. The summed E-state index contributed by atoms with van der Waals surface area (Å²) in [6.45, 7) is 2.23. The summed E-state index contributed by atoms with van der Waals surface area (Å²) in [6, 6.07) is 4.73. The summed E-state index contributed by atoms with van der Waals surface area (Å²) in [5.74, 6) is 0.357. The molecule has 1 N–H and O–H groups in total. The largest absolute Gasteiger partial charge is 0.313 e. The second kappa shape index (κ2) is 5.42. The van der Waals surface area contributed by atoms with Crippen molar-refractivity contribution in [2.24, 2.45) is 0 Å². The quantitative estimate of drug-likeness (QED) is 0.927. The normalized spacial score (nSPS) is 10.7. The van der Waals surface area contributed by atoms with Crippen LogP contribution in [-0.2, 0) is 6.54 Å². The average molecular weight is 266 g/mol. The second-order valence-electron chi connectivity index (χ2n) is 3.97. The average Bonchev–Trinajstić information content (AvgIpc) is 2.34. The van der Waals surface area contributed by atoms with E-state index in [4.69, 9.17) is 11.6 Å². The molecule has 0 amide bonds. The Morgan fingerprint density at radius 1 is 1.39 bits per heavy atom. The van der Waals surface area contributed by atoms with E-state index in [-0.39, 0.29) is 5.82 Å². The lowest BCUT2D eigenvalue weighted by atomic mass is 10.1. The van der Waals surface area contributed by atoms with Gasteiger partial charge in [0.1, 0.15) is 11.6 Å². The van der Waals surface area contributed by atoms with Crippen molar-refractivity contribution in [3.05, 3.63) is 46.6 Å². The van der Waals surface area contributed by atoms with Crippen molar-refractivity contribution in [1.82, 2.24) is 15.3 Å². The van der Waals surface area contributed by atoms with Crippen LogP contribution in [0, 0.1) is 12.7 Å². The van der Waals surface area contributed by atoms with Gasteiger partial charge in [0.2, 0.25) is 0 Å². The fourth-order valence-electron chi connectivity index (χ4n) is 1.63. The smallest absolute Gasteiger partial charge is 0.142 e. The predicted molar refractivity (Wildman–Crippen MR) is 69.9 cm³/mol. The molecule has 2 aromatic rings. The van der Waals surface area contributed by atoms with Crippen molar-refractivity contribution in [2.75, 3.05) is 7.05 Å². The van der Waals surface area contributed by atoms with Crippen LogP contribution in [0.5, 0.6) is 0 Å². The maximum atomic E-state index is 13.6. The van der Waals surface area contributed by atoms with Crippen molar-refractivity contribution in [2.45, 2.75) is 13.5 Å². The van der Waals surface area contributed by atoms with Gasteiger partial charge < -0.3 is 5.32 Å². The van der Waals surface area contributed by atoms with Gasteiger partial charge in [0.05, 0.1) is 17.3 Å². The minimum Gasteiger partial charge on any atom is -0.313 e. The van der Waals surface area contributed by atoms with Crippen LogP contribution in [0.15, 0.2) is 24.4 Å². The number of nitrogens with zero attached hydrogens (tertiary/aromatic N) is 2. The molecule has 1 heterocycles. The summed E-state index contributed by atoms with van der Waals surface area (Å²) < 4.78 is 13.6. The Bertz CT molecular complexity index is 572. The van der Waals surface area contributed by atoms with Gasteiger partial charge in [-0.3, -0.25) is 0 Å².